The van der Waals surface area contributed by atoms with Gasteiger partial charge in [-0.1, -0.05) is 60.7 Å². The summed E-state index contributed by atoms with van der Waals surface area (Å²) in [6.45, 7) is 0.310. The minimum absolute atomic E-state index is 0.310. The number of pyridine rings is 1. The topological polar surface area (TPSA) is 85.3 Å². The van der Waals surface area contributed by atoms with Crippen molar-refractivity contribution in [3.63, 3.8) is 0 Å². The number of nitrogens with two attached hydrogens (primary N) is 1. The van der Waals surface area contributed by atoms with Gasteiger partial charge in [0.1, 0.15) is 11.3 Å². The van der Waals surface area contributed by atoms with E-state index in [-0.39, 0.29) is 11.3 Å². The SMILES string of the molecule is NC(=O)c1c(O)cc(CCc2ccccc2)n(Cc2ccccc2)c1=O. The number of carbonyl (C=O) groups is 1. The summed E-state index contributed by atoms with van der Waals surface area (Å²) >= 11 is 0. The fourth-order valence-electron chi connectivity index (χ4n) is 2.98. The van der Waals surface area contributed by atoms with Crippen LogP contribution in [0.2, 0.25) is 0 Å². The number of aromatic hydroxyl groups is 1. The van der Waals surface area contributed by atoms with Gasteiger partial charge in [0.05, 0.1) is 6.54 Å². The standard InChI is InChI=1S/C21H20N2O3/c22-20(25)19-18(24)13-17(12-11-15-7-3-1-4-8-15)23(21(19)26)14-16-9-5-2-6-10-16/h1-10,13,24H,11-12,14H2,(H2,22,25). The summed E-state index contributed by atoms with van der Waals surface area (Å²) in [4.78, 5) is 24.4. The Morgan fingerprint density at radius 2 is 1.50 bits per heavy atom. The molecule has 3 aromatic rings. The number of benzene rings is 2. The van der Waals surface area contributed by atoms with Crippen LogP contribution < -0.4 is 11.3 Å². The number of hydrogen-bond donors (Lipinski definition) is 2. The summed E-state index contributed by atoms with van der Waals surface area (Å²) in [5.41, 5.74) is 7.06. The largest absolute Gasteiger partial charge is 0.507 e. The van der Waals surface area contributed by atoms with Crippen LogP contribution >= 0.6 is 0 Å². The lowest BCUT2D eigenvalue weighted by atomic mass is 10.1. The zero-order valence-electron chi connectivity index (χ0n) is 14.3. The van der Waals surface area contributed by atoms with Crippen LogP contribution in [0.1, 0.15) is 27.2 Å². The van der Waals surface area contributed by atoms with Gasteiger partial charge < -0.3 is 15.4 Å². The maximum atomic E-state index is 12.8. The maximum absolute atomic E-state index is 12.8. The van der Waals surface area contributed by atoms with E-state index in [1.807, 2.05) is 60.7 Å². The molecule has 0 aliphatic carbocycles. The predicted octanol–water partition coefficient (Wildman–Crippen LogP) is 2.49. The van der Waals surface area contributed by atoms with Gasteiger partial charge in [-0.05, 0) is 24.0 Å². The third-order valence-corrected chi connectivity index (χ3v) is 4.31. The fraction of sp³-hybridized carbons (Fsp3) is 0.143. The van der Waals surface area contributed by atoms with E-state index in [9.17, 15) is 14.7 Å². The zero-order chi connectivity index (χ0) is 18.5. The van der Waals surface area contributed by atoms with Crippen molar-refractivity contribution in [2.75, 3.05) is 0 Å². The molecule has 0 aliphatic rings. The molecule has 132 valence electrons. The predicted molar refractivity (Wildman–Crippen MR) is 100 cm³/mol. The smallest absolute Gasteiger partial charge is 0.267 e. The molecule has 0 saturated carbocycles. The summed E-state index contributed by atoms with van der Waals surface area (Å²) in [5.74, 6) is -1.29. The lowest BCUT2D eigenvalue weighted by molar-refractivity contribution is 0.0995. The van der Waals surface area contributed by atoms with Crippen LogP contribution in [0.4, 0.5) is 0 Å². The molecular formula is C21H20N2O3. The molecule has 3 N–H and O–H groups in total. The molecule has 0 spiro atoms. The number of rotatable bonds is 6. The normalized spacial score (nSPS) is 10.6. The number of nitrogens with zero attached hydrogens (tertiary/aromatic N) is 1. The third-order valence-electron chi connectivity index (χ3n) is 4.31. The summed E-state index contributed by atoms with van der Waals surface area (Å²) in [6.07, 6.45) is 1.27. The average Bonchev–Trinajstić information content (AvgIpc) is 2.64. The Morgan fingerprint density at radius 3 is 2.08 bits per heavy atom. The van der Waals surface area contributed by atoms with Crippen molar-refractivity contribution >= 4 is 5.91 Å². The van der Waals surface area contributed by atoms with Crippen LogP contribution in [-0.2, 0) is 19.4 Å². The number of hydrogen-bond acceptors (Lipinski definition) is 3. The highest BCUT2D eigenvalue weighted by Crippen LogP contribution is 2.18. The van der Waals surface area contributed by atoms with E-state index in [4.69, 9.17) is 5.73 Å². The summed E-state index contributed by atoms with van der Waals surface area (Å²) in [5, 5.41) is 10.1. The van der Waals surface area contributed by atoms with E-state index in [0.29, 0.717) is 25.1 Å². The van der Waals surface area contributed by atoms with Crippen LogP contribution in [0.25, 0.3) is 0 Å². The lowest BCUT2D eigenvalue weighted by Crippen LogP contribution is -2.32. The van der Waals surface area contributed by atoms with Crippen LogP contribution in [0.5, 0.6) is 5.75 Å². The molecule has 5 heteroatoms. The van der Waals surface area contributed by atoms with Gasteiger partial charge in [-0.15, -0.1) is 0 Å². The van der Waals surface area contributed by atoms with Gasteiger partial charge in [-0.3, -0.25) is 9.59 Å². The Balaban J connectivity index is 2.01. The first-order chi connectivity index (χ1) is 12.6. The zero-order valence-corrected chi connectivity index (χ0v) is 14.3. The van der Waals surface area contributed by atoms with E-state index in [2.05, 4.69) is 0 Å². The number of aromatic nitrogens is 1. The van der Waals surface area contributed by atoms with E-state index < -0.39 is 11.5 Å². The Labute approximate surface area is 151 Å². The summed E-state index contributed by atoms with van der Waals surface area (Å²) < 4.78 is 1.51. The molecule has 1 aromatic heterocycles. The Hall–Kier alpha value is -3.34. The molecule has 3 rings (SSSR count). The highest BCUT2D eigenvalue weighted by molar-refractivity contribution is 5.95. The van der Waals surface area contributed by atoms with Crippen LogP contribution in [0.3, 0.4) is 0 Å². The molecule has 2 aromatic carbocycles. The molecule has 0 saturated heterocycles. The first-order valence-corrected chi connectivity index (χ1v) is 8.39. The van der Waals surface area contributed by atoms with Crippen LogP contribution in [0.15, 0.2) is 71.5 Å². The molecule has 5 nitrogen and oxygen atoms in total. The van der Waals surface area contributed by atoms with E-state index in [0.717, 1.165) is 11.1 Å². The van der Waals surface area contributed by atoms with Gasteiger partial charge in [0, 0.05) is 11.8 Å². The molecule has 0 unspecified atom stereocenters. The Bertz CT molecular complexity index is 964. The van der Waals surface area contributed by atoms with E-state index in [1.54, 1.807) is 0 Å². The highest BCUT2D eigenvalue weighted by atomic mass is 16.3. The molecule has 0 atom stereocenters. The number of carbonyl (C=O) groups excluding carboxylic acids is 1. The van der Waals surface area contributed by atoms with Crippen LogP contribution in [-0.4, -0.2) is 15.6 Å². The molecule has 0 aliphatic heterocycles. The first-order valence-electron chi connectivity index (χ1n) is 8.39. The Kier molecular flexibility index (Phi) is 5.17. The van der Waals surface area contributed by atoms with Gasteiger partial charge in [0.25, 0.3) is 11.5 Å². The minimum atomic E-state index is -0.927. The number of aryl methyl sites for hydroxylation is 2. The lowest BCUT2D eigenvalue weighted by Gasteiger charge is -2.15. The van der Waals surface area contributed by atoms with Crippen molar-refractivity contribution in [3.8, 4) is 5.75 Å². The fourth-order valence-corrected chi connectivity index (χ4v) is 2.98. The maximum Gasteiger partial charge on any atom is 0.267 e. The molecule has 0 bridgehead atoms. The van der Waals surface area contributed by atoms with Gasteiger partial charge in [0.2, 0.25) is 0 Å². The van der Waals surface area contributed by atoms with Crippen LogP contribution in [0, 0.1) is 0 Å². The third kappa shape index (κ3) is 3.83. The second-order valence-electron chi connectivity index (χ2n) is 6.12. The number of amides is 1. The van der Waals surface area contributed by atoms with E-state index >= 15 is 0 Å². The van der Waals surface area contributed by atoms with Gasteiger partial charge in [0.15, 0.2) is 0 Å². The molecule has 26 heavy (non-hydrogen) atoms. The van der Waals surface area contributed by atoms with Gasteiger partial charge in [-0.25, -0.2) is 0 Å². The van der Waals surface area contributed by atoms with Crippen molar-refractivity contribution in [1.29, 1.82) is 0 Å². The van der Waals surface area contributed by atoms with Crippen molar-refractivity contribution in [2.24, 2.45) is 5.73 Å². The summed E-state index contributed by atoms with van der Waals surface area (Å²) in [7, 11) is 0. The Morgan fingerprint density at radius 1 is 0.923 bits per heavy atom. The second kappa shape index (κ2) is 7.70. The monoisotopic (exact) mass is 348 g/mol. The molecule has 0 fully saturated rings. The molecule has 1 heterocycles. The van der Waals surface area contributed by atoms with Crippen molar-refractivity contribution < 1.29 is 9.90 Å². The number of primary amides is 1. The van der Waals surface area contributed by atoms with Crippen molar-refractivity contribution in [2.45, 2.75) is 19.4 Å². The van der Waals surface area contributed by atoms with Crippen molar-refractivity contribution in [1.82, 2.24) is 4.57 Å². The van der Waals surface area contributed by atoms with Gasteiger partial charge >= 0.3 is 0 Å². The highest BCUT2D eigenvalue weighted by Gasteiger charge is 2.18. The quantitative estimate of drug-likeness (QED) is 0.718. The molecule has 0 radical (unpaired) electrons. The first kappa shape index (κ1) is 17.5. The minimum Gasteiger partial charge on any atom is -0.507 e. The van der Waals surface area contributed by atoms with E-state index in [1.165, 1.54) is 10.6 Å². The molecular weight excluding hydrogens is 328 g/mol. The second-order valence-corrected chi connectivity index (χ2v) is 6.12. The van der Waals surface area contributed by atoms with Gasteiger partial charge in [-0.2, -0.15) is 0 Å². The van der Waals surface area contributed by atoms with Crippen molar-refractivity contribution in [3.05, 3.63) is 99.5 Å². The summed E-state index contributed by atoms with van der Waals surface area (Å²) in [6, 6.07) is 20.8. The average molecular weight is 348 g/mol. The molecule has 1 amide bonds.